The third kappa shape index (κ3) is 3.20. The molecule has 0 amide bonds. The van der Waals surface area contributed by atoms with Gasteiger partial charge in [-0.15, -0.1) is 5.10 Å². The van der Waals surface area contributed by atoms with Gasteiger partial charge < -0.3 is 0 Å². The third-order valence-corrected chi connectivity index (χ3v) is 3.22. The number of benzene rings is 1. The molecule has 6 nitrogen and oxygen atoms in total. The number of hydrogen-bond acceptors (Lipinski definition) is 5. The lowest BCUT2D eigenvalue weighted by atomic mass is 10.3. The second-order valence-corrected chi connectivity index (χ2v) is 4.88. The van der Waals surface area contributed by atoms with Crippen molar-refractivity contribution >= 4 is 29.1 Å². The predicted octanol–water partition coefficient (Wildman–Crippen LogP) is 3.54. The highest BCUT2D eigenvalue weighted by Crippen LogP contribution is 2.36. The highest BCUT2D eigenvalue weighted by molar-refractivity contribution is 7.99. The van der Waals surface area contributed by atoms with Gasteiger partial charge >= 0.3 is 6.18 Å². The van der Waals surface area contributed by atoms with Gasteiger partial charge in [-0.25, -0.2) is 0 Å². The van der Waals surface area contributed by atoms with Crippen LogP contribution in [0.25, 0.3) is 0 Å². The molecule has 11 heteroatoms. The van der Waals surface area contributed by atoms with Crippen molar-refractivity contribution in [3.63, 3.8) is 0 Å². The van der Waals surface area contributed by atoms with Crippen LogP contribution in [0.2, 0.25) is 5.02 Å². The van der Waals surface area contributed by atoms with E-state index in [2.05, 4.69) is 10.1 Å². The van der Waals surface area contributed by atoms with Gasteiger partial charge in [-0.1, -0.05) is 11.6 Å². The first-order valence-electron chi connectivity index (χ1n) is 4.89. The van der Waals surface area contributed by atoms with Crippen LogP contribution in [0.1, 0.15) is 5.82 Å². The van der Waals surface area contributed by atoms with Crippen LogP contribution in [0.3, 0.4) is 0 Å². The Morgan fingerprint density at radius 1 is 1.40 bits per heavy atom. The third-order valence-electron chi connectivity index (χ3n) is 2.05. The molecule has 0 fully saturated rings. The standard InChI is InChI=1S/C9H4ClF3N4O2S/c10-4-1-2-6(5(3-4)17(18)19)20-8-14-7(15-16-8)9(11,12)13/h1-3H,(H,14,15,16). The van der Waals surface area contributed by atoms with Crippen molar-refractivity contribution in [3.8, 4) is 0 Å². The molecule has 0 saturated carbocycles. The zero-order chi connectivity index (χ0) is 14.9. The molecule has 1 N–H and O–H groups in total. The van der Waals surface area contributed by atoms with E-state index in [4.69, 9.17) is 11.6 Å². The second-order valence-electron chi connectivity index (χ2n) is 3.44. The molecular formula is C9H4ClF3N4O2S. The van der Waals surface area contributed by atoms with Crippen molar-refractivity contribution in [1.29, 1.82) is 0 Å². The number of alkyl halides is 3. The van der Waals surface area contributed by atoms with Gasteiger partial charge in [-0.2, -0.15) is 18.2 Å². The van der Waals surface area contributed by atoms with Crippen molar-refractivity contribution in [3.05, 3.63) is 39.2 Å². The summed E-state index contributed by atoms with van der Waals surface area (Å²) in [5, 5.41) is 15.8. The Hall–Kier alpha value is -1.81. The summed E-state index contributed by atoms with van der Waals surface area (Å²) in [6.45, 7) is 0. The van der Waals surface area contributed by atoms with E-state index in [1.165, 1.54) is 12.1 Å². The number of aromatic nitrogens is 3. The van der Waals surface area contributed by atoms with Crippen molar-refractivity contribution in [1.82, 2.24) is 15.2 Å². The van der Waals surface area contributed by atoms with Crippen molar-refractivity contribution in [2.45, 2.75) is 16.2 Å². The number of aromatic amines is 1. The van der Waals surface area contributed by atoms with E-state index in [1.54, 1.807) is 5.10 Å². The Morgan fingerprint density at radius 2 is 2.10 bits per heavy atom. The molecule has 20 heavy (non-hydrogen) atoms. The minimum absolute atomic E-state index is 0.0899. The first-order chi connectivity index (χ1) is 9.27. The SMILES string of the molecule is O=[N+]([O-])c1cc(Cl)ccc1Sc1n[nH]c(C(F)(F)F)n1. The molecule has 106 valence electrons. The van der Waals surface area contributed by atoms with Gasteiger partial charge in [0.05, 0.1) is 9.82 Å². The van der Waals surface area contributed by atoms with Gasteiger partial charge in [-0.05, 0) is 23.9 Å². The smallest absolute Gasteiger partial charge is 0.258 e. The Kier molecular flexibility index (Phi) is 3.86. The zero-order valence-electron chi connectivity index (χ0n) is 9.31. The molecule has 0 saturated heterocycles. The van der Waals surface area contributed by atoms with Crippen LogP contribution in [-0.2, 0) is 6.18 Å². The molecule has 0 radical (unpaired) electrons. The number of hydrogen-bond donors (Lipinski definition) is 1. The Labute approximate surface area is 118 Å². The maximum atomic E-state index is 12.3. The van der Waals surface area contributed by atoms with E-state index in [0.29, 0.717) is 11.8 Å². The van der Waals surface area contributed by atoms with E-state index in [1.807, 2.05) is 0 Å². The topological polar surface area (TPSA) is 84.7 Å². The summed E-state index contributed by atoms with van der Waals surface area (Å²) in [5.74, 6) is -1.27. The second kappa shape index (κ2) is 5.29. The normalized spacial score (nSPS) is 11.6. The highest BCUT2D eigenvalue weighted by Gasteiger charge is 2.35. The van der Waals surface area contributed by atoms with E-state index < -0.39 is 16.9 Å². The Balaban J connectivity index is 2.31. The number of rotatable bonds is 3. The van der Waals surface area contributed by atoms with Gasteiger partial charge in [0.25, 0.3) is 5.69 Å². The van der Waals surface area contributed by atoms with Crippen LogP contribution in [-0.4, -0.2) is 20.1 Å². The summed E-state index contributed by atoms with van der Waals surface area (Å²) in [7, 11) is 0. The molecule has 0 aliphatic rings. The summed E-state index contributed by atoms with van der Waals surface area (Å²) in [6, 6.07) is 3.80. The maximum absolute atomic E-state index is 12.3. The van der Waals surface area contributed by atoms with Crippen LogP contribution in [0, 0.1) is 10.1 Å². The number of nitrogens with zero attached hydrogens (tertiary/aromatic N) is 3. The Bertz CT molecular complexity index is 661. The number of H-pyrrole nitrogens is 1. The van der Waals surface area contributed by atoms with Crippen LogP contribution in [0.15, 0.2) is 28.3 Å². The number of halogens is 4. The lowest BCUT2D eigenvalue weighted by Crippen LogP contribution is -2.07. The minimum Gasteiger partial charge on any atom is -0.258 e. The van der Waals surface area contributed by atoms with Crippen molar-refractivity contribution in [2.75, 3.05) is 0 Å². The van der Waals surface area contributed by atoms with Gasteiger partial charge in [0.15, 0.2) is 0 Å². The molecule has 1 aromatic carbocycles. The molecule has 1 aromatic heterocycles. The minimum atomic E-state index is -4.66. The average Bonchev–Trinajstić information content (AvgIpc) is 2.79. The fourth-order valence-corrected chi connectivity index (χ4v) is 2.20. The van der Waals surface area contributed by atoms with Gasteiger partial charge in [0.1, 0.15) is 0 Å². The molecular weight excluding hydrogens is 321 g/mol. The molecule has 0 aliphatic heterocycles. The summed E-state index contributed by atoms with van der Waals surface area (Å²) in [4.78, 5) is 13.4. The average molecular weight is 325 g/mol. The summed E-state index contributed by atoms with van der Waals surface area (Å²) in [6.07, 6.45) is -4.66. The van der Waals surface area contributed by atoms with Crippen LogP contribution in [0.4, 0.5) is 18.9 Å². The molecule has 2 aromatic rings. The van der Waals surface area contributed by atoms with Gasteiger partial charge in [0, 0.05) is 11.1 Å². The zero-order valence-corrected chi connectivity index (χ0v) is 10.9. The molecule has 0 aliphatic carbocycles. The molecule has 1 heterocycles. The van der Waals surface area contributed by atoms with Crippen molar-refractivity contribution in [2.24, 2.45) is 0 Å². The summed E-state index contributed by atoms with van der Waals surface area (Å²) < 4.78 is 37.0. The molecule has 0 spiro atoms. The van der Waals surface area contributed by atoms with Crippen molar-refractivity contribution < 1.29 is 18.1 Å². The van der Waals surface area contributed by atoms with E-state index in [9.17, 15) is 23.3 Å². The molecule has 0 unspecified atom stereocenters. The largest absolute Gasteiger partial charge is 0.451 e. The fraction of sp³-hybridized carbons (Fsp3) is 0.111. The summed E-state index contributed by atoms with van der Waals surface area (Å²) >= 11 is 6.26. The monoisotopic (exact) mass is 324 g/mol. The maximum Gasteiger partial charge on any atom is 0.451 e. The number of nitrogens with one attached hydrogen (secondary N) is 1. The number of nitro benzene ring substituents is 1. The van der Waals surface area contributed by atoms with E-state index in [-0.39, 0.29) is 20.8 Å². The number of nitro groups is 1. The van der Waals surface area contributed by atoms with Crippen LogP contribution in [0.5, 0.6) is 0 Å². The first kappa shape index (κ1) is 14.6. The van der Waals surface area contributed by atoms with Crippen LogP contribution < -0.4 is 0 Å². The predicted molar refractivity (Wildman–Crippen MR) is 63.6 cm³/mol. The fourth-order valence-electron chi connectivity index (χ4n) is 1.24. The lowest BCUT2D eigenvalue weighted by Gasteiger charge is -2.00. The highest BCUT2D eigenvalue weighted by atomic mass is 35.5. The first-order valence-corrected chi connectivity index (χ1v) is 6.08. The van der Waals surface area contributed by atoms with E-state index >= 15 is 0 Å². The van der Waals surface area contributed by atoms with Gasteiger partial charge in [0.2, 0.25) is 11.0 Å². The van der Waals surface area contributed by atoms with E-state index in [0.717, 1.165) is 6.07 Å². The lowest BCUT2D eigenvalue weighted by molar-refractivity contribution is -0.387. The molecule has 0 bridgehead atoms. The quantitative estimate of drug-likeness (QED) is 0.689. The Morgan fingerprint density at radius 3 is 2.65 bits per heavy atom. The summed E-state index contributed by atoms with van der Waals surface area (Å²) in [5.41, 5.74) is -0.333. The molecule has 0 atom stereocenters. The molecule has 2 rings (SSSR count). The van der Waals surface area contributed by atoms with Crippen LogP contribution >= 0.6 is 23.4 Å². The van der Waals surface area contributed by atoms with Gasteiger partial charge in [-0.3, -0.25) is 15.2 Å².